The molecule has 306 valence electrons. The standard InChI is InChI=1S/C42H74NO9P/c1-6-8-10-12-14-16-17-19-21-23-28-32-41(44)48-36-38(37-50-53(46,47)49-35-34-43(3,4)5)51-42(45)33-29-25-24-27-31-40-39(52-40)30-26-22-20-18-15-13-11-9-7-2/h9,11,15,18,22,24,26-27,38-40H,6-8,10,12-14,16-17,19-21,23,25,28-37H2,1-5H3/b11-9-,18-15-,26-22-,27-24-. The summed E-state index contributed by atoms with van der Waals surface area (Å²) in [6, 6.07) is 0. The van der Waals surface area contributed by atoms with Crippen LogP contribution in [0.25, 0.3) is 0 Å². The summed E-state index contributed by atoms with van der Waals surface area (Å²) in [6.45, 7) is 4.00. The molecule has 1 heterocycles. The van der Waals surface area contributed by atoms with Gasteiger partial charge in [0.05, 0.1) is 40.0 Å². The number of unbranched alkanes of at least 4 members (excludes halogenated alkanes) is 11. The van der Waals surface area contributed by atoms with Gasteiger partial charge in [0.15, 0.2) is 6.10 Å². The van der Waals surface area contributed by atoms with Gasteiger partial charge in [0.25, 0.3) is 7.82 Å². The average Bonchev–Trinajstić information content (AvgIpc) is 3.86. The fourth-order valence-electron chi connectivity index (χ4n) is 5.44. The number of likely N-dealkylation sites (N-methyl/N-ethyl adjacent to an activating group) is 1. The number of ether oxygens (including phenoxy) is 3. The quantitative estimate of drug-likeness (QED) is 0.0155. The topological polar surface area (TPSA) is 124 Å². The molecule has 53 heavy (non-hydrogen) atoms. The van der Waals surface area contributed by atoms with Gasteiger partial charge in [0, 0.05) is 12.8 Å². The molecule has 0 aromatic rings. The molecule has 0 bridgehead atoms. The van der Waals surface area contributed by atoms with Gasteiger partial charge in [-0.2, -0.15) is 0 Å². The Morgan fingerprint density at radius 2 is 1.25 bits per heavy atom. The van der Waals surface area contributed by atoms with Gasteiger partial charge in [-0.05, 0) is 51.4 Å². The van der Waals surface area contributed by atoms with E-state index in [0.717, 1.165) is 51.4 Å². The zero-order valence-corrected chi connectivity index (χ0v) is 34.8. The molecule has 0 radical (unpaired) electrons. The van der Waals surface area contributed by atoms with Crippen molar-refractivity contribution < 1.29 is 46.8 Å². The maximum absolute atomic E-state index is 12.7. The molecule has 1 rings (SSSR count). The number of quaternary nitrogens is 1. The van der Waals surface area contributed by atoms with Crippen LogP contribution in [0.15, 0.2) is 48.6 Å². The summed E-state index contributed by atoms with van der Waals surface area (Å²) in [5, 5.41) is 0. The number of allylic oxidation sites excluding steroid dienone is 6. The predicted octanol–water partition coefficient (Wildman–Crippen LogP) is 9.48. The van der Waals surface area contributed by atoms with Crippen LogP contribution in [0.2, 0.25) is 0 Å². The van der Waals surface area contributed by atoms with E-state index in [2.05, 4.69) is 56.4 Å². The Morgan fingerprint density at radius 1 is 0.698 bits per heavy atom. The Morgan fingerprint density at radius 3 is 1.85 bits per heavy atom. The summed E-state index contributed by atoms with van der Waals surface area (Å²) < 4.78 is 39.5. The Kier molecular flexibility index (Phi) is 28.8. The predicted molar refractivity (Wildman–Crippen MR) is 212 cm³/mol. The molecule has 11 heteroatoms. The molecule has 4 unspecified atom stereocenters. The van der Waals surface area contributed by atoms with Crippen molar-refractivity contribution in [3.63, 3.8) is 0 Å². The first kappa shape index (κ1) is 48.9. The van der Waals surface area contributed by atoms with Crippen molar-refractivity contribution in [1.82, 2.24) is 0 Å². The van der Waals surface area contributed by atoms with Crippen molar-refractivity contribution in [3.8, 4) is 0 Å². The molecule has 0 aromatic carbocycles. The third-order valence-corrected chi connectivity index (χ3v) is 9.73. The van der Waals surface area contributed by atoms with Gasteiger partial charge in [-0.3, -0.25) is 14.2 Å². The third kappa shape index (κ3) is 31.9. The number of phosphoric acid groups is 1. The smallest absolute Gasteiger partial charge is 0.306 e. The molecule has 4 atom stereocenters. The summed E-state index contributed by atoms with van der Waals surface area (Å²) in [6.07, 6.45) is 36.0. The minimum atomic E-state index is -4.64. The highest BCUT2D eigenvalue weighted by Gasteiger charge is 2.36. The molecule has 0 N–H and O–H groups in total. The number of hydrogen-bond acceptors (Lipinski definition) is 9. The van der Waals surface area contributed by atoms with E-state index in [0.29, 0.717) is 23.9 Å². The number of epoxide rings is 1. The number of carbonyl (C=O) groups is 2. The number of carbonyl (C=O) groups excluding carboxylic acids is 2. The largest absolute Gasteiger partial charge is 0.756 e. The molecule has 1 aliphatic heterocycles. The normalized spacial score (nSPS) is 18.0. The molecule has 0 spiro atoms. The molecule has 0 aromatic heterocycles. The molecule has 0 amide bonds. The number of hydrogen-bond donors (Lipinski definition) is 0. The Bertz CT molecular complexity index is 1110. The van der Waals surface area contributed by atoms with Crippen LogP contribution in [0.5, 0.6) is 0 Å². The van der Waals surface area contributed by atoms with Crippen LogP contribution in [0, 0.1) is 0 Å². The fourth-order valence-corrected chi connectivity index (χ4v) is 6.16. The van der Waals surface area contributed by atoms with Gasteiger partial charge < -0.3 is 32.6 Å². The third-order valence-electron chi connectivity index (χ3n) is 8.77. The maximum Gasteiger partial charge on any atom is 0.306 e. The first-order valence-corrected chi connectivity index (χ1v) is 21.9. The van der Waals surface area contributed by atoms with Crippen LogP contribution in [-0.2, 0) is 37.4 Å². The van der Waals surface area contributed by atoms with Crippen molar-refractivity contribution in [2.45, 2.75) is 161 Å². The first-order valence-electron chi connectivity index (χ1n) is 20.5. The minimum absolute atomic E-state index is 0.0454. The molecule has 0 aliphatic carbocycles. The number of esters is 2. The maximum atomic E-state index is 12.7. The molecule has 1 fully saturated rings. The van der Waals surface area contributed by atoms with Crippen molar-refractivity contribution in [2.75, 3.05) is 47.5 Å². The van der Waals surface area contributed by atoms with Crippen LogP contribution in [0.3, 0.4) is 0 Å². The average molecular weight is 768 g/mol. The lowest BCUT2D eigenvalue weighted by Crippen LogP contribution is -2.37. The van der Waals surface area contributed by atoms with Crippen molar-refractivity contribution >= 4 is 19.8 Å². The van der Waals surface area contributed by atoms with E-state index in [1.165, 1.54) is 51.4 Å². The van der Waals surface area contributed by atoms with Gasteiger partial charge in [-0.1, -0.05) is 127 Å². The van der Waals surface area contributed by atoms with Gasteiger partial charge in [-0.15, -0.1) is 0 Å². The highest BCUT2D eigenvalue weighted by molar-refractivity contribution is 7.45. The van der Waals surface area contributed by atoms with Gasteiger partial charge in [0.2, 0.25) is 0 Å². The first-order chi connectivity index (χ1) is 25.5. The number of rotatable bonds is 35. The zero-order valence-electron chi connectivity index (χ0n) is 33.9. The van der Waals surface area contributed by atoms with E-state index in [1.807, 2.05) is 27.2 Å². The van der Waals surface area contributed by atoms with E-state index in [1.54, 1.807) is 0 Å². The lowest BCUT2D eigenvalue weighted by Gasteiger charge is -2.28. The lowest BCUT2D eigenvalue weighted by atomic mass is 10.1. The zero-order chi connectivity index (χ0) is 39.0. The Labute approximate surface area is 322 Å². The number of phosphoric ester groups is 1. The molecule has 1 aliphatic rings. The molecule has 1 saturated heterocycles. The summed E-state index contributed by atoms with van der Waals surface area (Å²) in [4.78, 5) is 37.4. The van der Waals surface area contributed by atoms with Gasteiger partial charge >= 0.3 is 11.9 Å². The molecule has 10 nitrogen and oxygen atoms in total. The van der Waals surface area contributed by atoms with E-state index < -0.39 is 32.5 Å². The lowest BCUT2D eigenvalue weighted by molar-refractivity contribution is -0.870. The summed E-state index contributed by atoms with van der Waals surface area (Å²) >= 11 is 0. The second-order valence-corrected chi connectivity index (χ2v) is 16.4. The highest BCUT2D eigenvalue weighted by Crippen LogP contribution is 2.38. The van der Waals surface area contributed by atoms with Crippen LogP contribution in [0.4, 0.5) is 0 Å². The van der Waals surface area contributed by atoms with E-state index >= 15 is 0 Å². The second-order valence-electron chi connectivity index (χ2n) is 15.0. The van der Waals surface area contributed by atoms with Gasteiger partial charge in [0.1, 0.15) is 19.8 Å². The second kappa shape index (κ2) is 31.2. The minimum Gasteiger partial charge on any atom is -0.756 e. The summed E-state index contributed by atoms with van der Waals surface area (Å²) in [7, 11) is 1.11. The Balaban J connectivity index is 2.37. The highest BCUT2D eigenvalue weighted by atomic mass is 31.2. The van der Waals surface area contributed by atoms with E-state index in [-0.39, 0.29) is 38.3 Å². The van der Waals surface area contributed by atoms with Crippen LogP contribution in [0.1, 0.15) is 142 Å². The molecular weight excluding hydrogens is 693 g/mol. The van der Waals surface area contributed by atoms with Crippen molar-refractivity contribution in [3.05, 3.63) is 48.6 Å². The van der Waals surface area contributed by atoms with Crippen LogP contribution in [-0.4, -0.2) is 82.2 Å². The number of nitrogens with zero attached hydrogens (tertiary/aromatic N) is 1. The van der Waals surface area contributed by atoms with Gasteiger partial charge in [-0.25, -0.2) is 0 Å². The summed E-state index contributed by atoms with van der Waals surface area (Å²) in [5.74, 6) is -0.914. The van der Waals surface area contributed by atoms with Crippen molar-refractivity contribution in [1.29, 1.82) is 0 Å². The van der Waals surface area contributed by atoms with E-state index in [9.17, 15) is 19.0 Å². The van der Waals surface area contributed by atoms with Crippen LogP contribution < -0.4 is 4.89 Å². The van der Waals surface area contributed by atoms with Crippen LogP contribution >= 0.6 is 7.82 Å². The van der Waals surface area contributed by atoms with E-state index in [4.69, 9.17) is 23.3 Å². The fraction of sp³-hybridized carbons (Fsp3) is 0.762. The molecular formula is C42H74NO9P. The Hall–Kier alpha value is -2.07. The summed E-state index contributed by atoms with van der Waals surface area (Å²) in [5.41, 5.74) is 0. The monoisotopic (exact) mass is 768 g/mol. The van der Waals surface area contributed by atoms with Crippen molar-refractivity contribution in [2.24, 2.45) is 0 Å². The molecule has 0 saturated carbocycles. The SMILES string of the molecule is CC/C=C\C/C=C\C/C=C\CC1OC1C/C=C\CCCC(=O)OC(COC(=O)CCCCCCCCCCCCC)COP(=O)([O-])OCC[N+](C)(C)C.